The van der Waals surface area contributed by atoms with E-state index in [1.807, 2.05) is 67.8 Å². The van der Waals surface area contributed by atoms with Gasteiger partial charge >= 0.3 is 0 Å². The molecule has 0 spiro atoms. The summed E-state index contributed by atoms with van der Waals surface area (Å²) in [6.07, 6.45) is 0.894. The second-order valence-corrected chi connectivity index (χ2v) is 9.31. The second-order valence-electron chi connectivity index (χ2n) is 3.28. The molecule has 1 fully saturated rings. The number of hydrogen-bond acceptors (Lipinski definition) is 3. The van der Waals surface area contributed by atoms with E-state index in [1.165, 1.54) is 0 Å². The minimum Gasteiger partial charge on any atom is -0.379 e. The van der Waals surface area contributed by atoms with Crippen LogP contribution in [0.4, 0.5) is 0 Å². The summed E-state index contributed by atoms with van der Waals surface area (Å²) in [5, 5.41) is 29.1. The first-order valence-corrected chi connectivity index (χ1v) is 6.60. The first-order chi connectivity index (χ1) is 5.12. The third kappa shape index (κ3) is 3.67. The molecule has 0 radical (unpaired) electrons. The fraction of sp³-hybridized carbons (Fsp3) is 1.00. The summed E-state index contributed by atoms with van der Waals surface area (Å²) in [5.41, 5.74) is 0. The van der Waals surface area contributed by atoms with Crippen LogP contribution in [0.1, 0.15) is 19.3 Å². The lowest BCUT2D eigenvalue weighted by molar-refractivity contribution is -0.0485. The van der Waals surface area contributed by atoms with Gasteiger partial charge in [-0.1, -0.05) is 0 Å². The van der Waals surface area contributed by atoms with Crippen LogP contribution in [0.3, 0.4) is 0 Å². The first-order valence-electron chi connectivity index (χ1n) is 3.36. The van der Waals surface area contributed by atoms with Crippen LogP contribution < -0.4 is 0 Å². The Morgan fingerprint density at radius 3 is 1.00 bits per heavy atom. The van der Waals surface area contributed by atoms with Gasteiger partial charge in [-0.3, -0.25) is 0 Å². The number of aliphatic hydroxyl groups is 3. The summed E-state index contributed by atoms with van der Waals surface area (Å²) in [5.74, 6) is 0. The maximum absolute atomic E-state index is 9.70. The fourth-order valence-electron chi connectivity index (χ4n) is 1.43. The highest BCUT2D eigenvalue weighted by atomic mass is 127. The van der Waals surface area contributed by atoms with Gasteiger partial charge < -0.3 is 15.3 Å². The minimum atomic E-state index is -0.998. The van der Waals surface area contributed by atoms with Crippen molar-refractivity contribution in [3.8, 4) is 0 Å². The summed E-state index contributed by atoms with van der Waals surface area (Å²) in [4.78, 5) is 0. The van der Waals surface area contributed by atoms with Gasteiger partial charge in [-0.2, -0.15) is 0 Å². The monoisotopic (exact) mass is 510 g/mol. The maximum atomic E-state index is 9.70. The average Bonchev–Trinajstić information content (AvgIpc) is 1.44. The van der Waals surface area contributed by atoms with Crippen molar-refractivity contribution >= 4 is 67.8 Å². The molecule has 0 aromatic heterocycles. The molecule has 3 N–H and O–H groups in total. The Balaban J connectivity index is 2.81. The predicted octanol–water partition coefficient (Wildman–Crippen LogP) is 1.54. The Morgan fingerprint density at radius 2 is 0.833 bits per heavy atom. The Kier molecular flexibility index (Phi) is 3.62. The van der Waals surface area contributed by atoms with E-state index in [1.54, 1.807) is 0 Å². The molecule has 0 unspecified atom stereocenters. The van der Waals surface area contributed by atoms with Crippen molar-refractivity contribution < 1.29 is 15.3 Å². The molecular weight excluding hydrogens is 501 g/mol. The first kappa shape index (κ1) is 12.1. The molecule has 3 nitrogen and oxygen atoms in total. The Morgan fingerprint density at radius 1 is 0.667 bits per heavy atom. The summed E-state index contributed by atoms with van der Waals surface area (Å²) in [6, 6.07) is 0. The molecule has 0 saturated heterocycles. The summed E-state index contributed by atoms with van der Waals surface area (Å²) >= 11 is 5.60. The van der Waals surface area contributed by atoms with Gasteiger partial charge in [0.1, 0.15) is 10.8 Å². The molecule has 0 heterocycles. The molecule has 1 saturated carbocycles. The van der Waals surface area contributed by atoms with Gasteiger partial charge in [-0.15, -0.1) is 0 Å². The van der Waals surface area contributed by atoms with Crippen LogP contribution in [0, 0.1) is 0 Å². The molecule has 0 aliphatic heterocycles. The number of rotatable bonds is 0. The molecule has 12 heavy (non-hydrogen) atoms. The van der Waals surface area contributed by atoms with Crippen molar-refractivity contribution in [1.29, 1.82) is 0 Å². The molecule has 0 amide bonds. The molecule has 0 aromatic carbocycles. The van der Waals surface area contributed by atoms with Crippen molar-refractivity contribution in [2.45, 2.75) is 30.1 Å². The lowest BCUT2D eigenvalue weighted by Gasteiger charge is -2.42. The lowest BCUT2D eigenvalue weighted by Crippen LogP contribution is -2.48. The second kappa shape index (κ2) is 3.58. The van der Waals surface area contributed by atoms with Crippen LogP contribution in [0.25, 0.3) is 0 Å². The van der Waals surface area contributed by atoms with Crippen LogP contribution in [0.15, 0.2) is 0 Å². The minimum absolute atomic E-state index is 0.298. The summed E-state index contributed by atoms with van der Waals surface area (Å²) in [7, 11) is 0. The van der Waals surface area contributed by atoms with E-state index < -0.39 is 10.8 Å². The van der Waals surface area contributed by atoms with Crippen LogP contribution in [0.2, 0.25) is 0 Å². The largest absolute Gasteiger partial charge is 0.379 e. The number of alkyl halides is 3. The maximum Gasteiger partial charge on any atom is 0.122 e. The van der Waals surface area contributed by atoms with E-state index in [0.717, 1.165) is 0 Å². The van der Waals surface area contributed by atoms with E-state index >= 15 is 0 Å². The summed E-state index contributed by atoms with van der Waals surface area (Å²) in [6.45, 7) is 0. The van der Waals surface area contributed by atoms with Crippen molar-refractivity contribution in [2.24, 2.45) is 0 Å². The Labute approximate surface area is 112 Å². The average molecular weight is 510 g/mol. The predicted molar refractivity (Wildman–Crippen MR) is 70.8 cm³/mol. The zero-order valence-electron chi connectivity index (χ0n) is 6.10. The third-order valence-corrected chi connectivity index (χ3v) is 3.91. The van der Waals surface area contributed by atoms with Gasteiger partial charge in [0, 0.05) is 19.3 Å². The fourth-order valence-corrected chi connectivity index (χ4v) is 7.41. The van der Waals surface area contributed by atoms with Gasteiger partial charge in [0.05, 0.1) is 0 Å². The molecular formula is C6H9I3O3. The molecule has 1 aliphatic rings. The highest BCUT2D eigenvalue weighted by Gasteiger charge is 2.50. The SMILES string of the molecule is OC1(I)CC(O)(I)CC(O)(I)C1. The number of halogens is 3. The molecule has 1 aliphatic carbocycles. The van der Waals surface area contributed by atoms with Crippen molar-refractivity contribution in [2.75, 3.05) is 0 Å². The van der Waals surface area contributed by atoms with E-state index in [-0.39, 0.29) is 0 Å². The van der Waals surface area contributed by atoms with Crippen molar-refractivity contribution in [3.63, 3.8) is 0 Å². The molecule has 72 valence electrons. The summed E-state index contributed by atoms with van der Waals surface area (Å²) < 4.78 is -2.99. The Bertz CT molecular complexity index is 145. The number of hydrogen-bond donors (Lipinski definition) is 3. The smallest absolute Gasteiger partial charge is 0.122 e. The topological polar surface area (TPSA) is 60.7 Å². The van der Waals surface area contributed by atoms with Crippen molar-refractivity contribution in [3.05, 3.63) is 0 Å². The Hall–Kier alpha value is 2.07. The lowest BCUT2D eigenvalue weighted by atomic mass is 9.92. The molecule has 0 atom stereocenters. The van der Waals surface area contributed by atoms with Crippen LogP contribution in [0.5, 0.6) is 0 Å². The zero-order chi connectivity index (χ0) is 9.62. The highest BCUT2D eigenvalue weighted by Crippen LogP contribution is 2.49. The van der Waals surface area contributed by atoms with Gasteiger partial charge in [0.2, 0.25) is 0 Å². The van der Waals surface area contributed by atoms with Gasteiger partial charge in [-0.25, -0.2) is 0 Å². The molecule has 6 heteroatoms. The van der Waals surface area contributed by atoms with Crippen LogP contribution in [-0.4, -0.2) is 26.1 Å². The molecule has 0 aromatic rings. The van der Waals surface area contributed by atoms with Crippen LogP contribution >= 0.6 is 67.8 Å². The normalized spacial score (nSPS) is 55.5. The zero-order valence-corrected chi connectivity index (χ0v) is 12.6. The standard InChI is InChI=1S/C6H9I3O3/c7-4(10)1-5(8,11)3-6(9,12)2-4/h10-12H,1-3H2. The van der Waals surface area contributed by atoms with Gasteiger partial charge in [0.25, 0.3) is 0 Å². The van der Waals surface area contributed by atoms with E-state index in [0.29, 0.717) is 19.3 Å². The van der Waals surface area contributed by atoms with Gasteiger partial charge in [-0.05, 0) is 67.8 Å². The highest BCUT2D eigenvalue weighted by molar-refractivity contribution is 14.1. The molecule has 0 bridgehead atoms. The van der Waals surface area contributed by atoms with E-state index in [2.05, 4.69) is 0 Å². The van der Waals surface area contributed by atoms with Crippen molar-refractivity contribution in [1.82, 2.24) is 0 Å². The van der Waals surface area contributed by atoms with Gasteiger partial charge in [0.15, 0.2) is 0 Å². The third-order valence-electron chi connectivity index (χ3n) is 1.63. The van der Waals surface area contributed by atoms with Crippen LogP contribution in [-0.2, 0) is 0 Å². The molecule has 1 rings (SSSR count). The van der Waals surface area contributed by atoms with E-state index in [4.69, 9.17) is 0 Å². The van der Waals surface area contributed by atoms with E-state index in [9.17, 15) is 15.3 Å². The quantitative estimate of drug-likeness (QED) is 0.343.